The fourth-order valence-electron chi connectivity index (χ4n) is 4.08. The summed E-state index contributed by atoms with van der Waals surface area (Å²) < 4.78 is 44.0. The van der Waals surface area contributed by atoms with Gasteiger partial charge in [-0.3, -0.25) is 0 Å². The molecule has 1 amide bonds. The average Bonchev–Trinajstić information content (AvgIpc) is 2.82. The maximum atomic E-state index is 11.4. The second-order valence-electron chi connectivity index (χ2n) is 8.26. The van der Waals surface area contributed by atoms with E-state index in [9.17, 15) is 18.3 Å². The van der Waals surface area contributed by atoms with E-state index in [4.69, 9.17) is 17.8 Å². The predicted octanol–water partition coefficient (Wildman–Crippen LogP) is 3.25. The van der Waals surface area contributed by atoms with Gasteiger partial charge in [0.1, 0.15) is 18.2 Å². The van der Waals surface area contributed by atoms with Crippen molar-refractivity contribution in [3.8, 4) is 17.5 Å². The van der Waals surface area contributed by atoms with Gasteiger partial charge in [-0.15, -0.1) is 0 Å². The van der Waals surface area contributed by atoms with Crippen LogP contribution in [0, 0.1) is 6.92 Å². The number of rotatable bonds is 6. The third kappa shape index (κ3) is 5.57. The molecule has 0 bridgehead atoms. The monoisotopic (exact) mass is 493 g/mol. The Kier molecular flexibility index (Phi) is 7.19. The molecule has 2 unspecified atom stereocenters. The van der Waals surface area contributed by atoms with Crippen LogP contribution < -0.4 is 9.47 Å². The van der Waals surface area contributed by atoms with Crippen molar-refractivity contribution in [1.29, 1.82) is 0 Å². The van der Waals surface area contributed by atoms with Crippen LogP contribution in [0.25, 0.3) is 0 Å². The van der Waals surface area contributed by atoms with Gasteiger partial charge in [0.25, 0.3) is 0 Å². The van der Waals surface area contributed by atoms with Crippen LogP contribution in [-0.4, -0.2) is 66.4 Å². The normalized spacial score (nSPS) is 22.8. The molecule has 2 atom stereocenters. The first-order chi connectivity index (χ1) is 16.3. The first kappa shape index (κ1) is 24.2. The van der Waals surface area contributed by atoms with Crippen LogP contribution in [0.5, 0.6) is 17.5 Å². The molecule has 0 saturated carbocycles. The van der Waals surface area contributed by atoms with E-state index in [0.29, 0.717) is 48.9 Å². The summed E-state index contributed by atoms with van der Waals surface area (Å²) in [5.74, 6) is 1.10. The fourth-order valence-corrected chi connectivity index (χ4v) is 4.81. The maximum absolute atomic E-state index is 11.4. The van der Waals surface area contributed by atoms with Gasteiger partial charge in [0.2, 0.25) is 11.8 Å². The highest BCUT2D eigenvalue weighted by Crippen LogP contribution is 2.31. The van der Waals surface area contributed by atoms with Gasteiger partial charge < -0.3 is 19.5 Å². The van der Waals surface area contributed by atoms with Gasteiger partial charge in [0, 0.05) is 31.3 Å². The summed E-state index contributed by atoms with van der Waals surface area (Å²) in [6, 6.07) is 7.06. The topological polar surface area (TPSA) is 137 Å². The molecule has 11 nitrogen and oxygen atoms in total. The van der Waals surface area contributed by atoms with E-state index in [1.165, 1.54) is 11.2 Å². The van der Waals surface area contributed by atoms with E-state index < -0.39 is 16.5 Å². The molecule has 3 heterocycles. The lowest BCUT2D eigenvalue weighted by Crippen LogP contribution is -2.48. The molecule has 2 aliphatic rings. The van der Waals surface area contributed by atoms with Gasteiger partial charge in [-0.25, -0.2) is 23.1 Å². The van der Waals surface area contributed by atoms with Crippen LogP contribution in [0.15, 0.2) is 30.6 Å². The largest absolute Gasteiger partial charge is 0.474 e. The van der Waals surface area contributed by atoms with Crippen molar-refractivity contribution in [3.63, 3.8) is 0 Å². The van der Waals surface area contributed by atoms with Gasteiger partial charge in [-0.05, 0) is 31.0 Å². The number of nitrogens with zero attached hydrogens (tertiary/aromatic N) is 3. The molecule has 0 radical (unpaired) electrons. The quantitative estimate of drug-likeness (QED) is 0.638. The number of benzene rings is 1. The molecule has 12 heteroatoms. The summed E-state index contributed by atoms with van der Waals surface area (Å²) in [6.45, 7) is 4.24. The maximum Gasteiger partial charge on any atom is 0.407 e. The molecule has 1 aromatic heterocycles. The number of carboxylic acid groups (broad SMARTS) is 1. The number of carbonyl (C=O) groups is 1. The Morgan fingerprint density at radius 3 is 2.50 bits per heavy atom. The minimum Gasteiger partial charge on any atom is -0.474 e. The van der Waals surface area contributed by atoms with Crippen molar-refractivity contribution < 1.29 is 36.2 Å². The Bertz CT molecular complexity index is 1110. The summed E-state index contributed by atoms with van der Waals surface area (Å²) in [5, 5.41) is 9.36. The summed E-state index contributed by atoms with van der Waals surface area (Å²) in [5.41, 5.74) is 1.50. The Balaban J connectivity index is 1.40. The first-order valence-electron chi connectivity index (χ1n) is 11.0. The number of hydrogen-bond acceptors (Lipinski definition) is 9. The molecule has 2 fully saturated rings. The summed E-state index contributed by atoms with van der Waals surface area (Å²) >= 11 is 0. The number of ether oxygens (including phenoxy) is 2. The molecule has 2 aromatic rings. The smallest absolute Gasteiger partial charge is 0.407 e. The lowest BCUT2D eigenvalue weighted by Gasteiger charge is -2.37. The average molecular weight is 494 g/mol. The molecule has 0 spiro atoms. The minimum atomic E-state index is -3.88. The number of piperidine rings is 1. The van der Waals surface area contributed by atoms with Crippen LogP contribution in [0.2, 0.25) is 0 Å². The summed E-state index contributed by atoms with van der Waals surface area (Å²) in [4.78, 5) is 21.3. The molecule has 184 valence electrons. The standard InChI is InChI=1S/C22H27N3O8S/c1-3-17-10-19(8-9-25(17)22(26)27)33-21-14(2)20(23-13-24-21)32-18-6-4-15(5-7-18)16-11-30-34(28,29)31-12-16/h4-7,13,16-17,19H,3,8-12H2,1-2H3,(H,26,27). The molecule has 34 heavy (non-hydrogen) atoms. The predicted molar refractivity (Wildman–Crippen MR) is 119 cm³/mol. The van der Waals surface area contributed by atoms with E-state index in [-0.39, 0.29) is 31.3 Å². The van der Waals surface area contributed by atoms with Crippen LogP contribution in [-0.2, 0) is 18.8 Å². The molecule has 1 aromatic carbocycles. The summed E-state index contributed by atoms with van der Waals surface area (Å²) in [6.07, 6.45) is 2.21. The van der Waals surface area contributed by atoms with Gasteiger partial charge in [0.05, 0.1) is 18.8 Å². The zero-order valence-corrected chi connectivity index (χ0v) is 19.7. The SMILES string of the molecule is CCC1CC(Oc2ncnc(Oc3ccc(C4COS(=O)(=O)OC4)cc3)c2C)CCN1C(=O)O. The van der Waals surface area contributed by atoms with E-state index in [1.807, 2.05) is 19.1 Å². The minimum absolute atomic E-state index is 0.0263. The van der Waals surface area contributed by atoms with Gasteiger partial charge in [-0.2, -0.15) is 8.42 Å². The van der Waals surface area contributed by atoms with E-state index >= 15 is 0 Å². The van der Waals surface area contributed by atoms with Crippen LogP contribution in [0.3, 0.4) is 0 Å². The highest BCUT2D eigenvalue weighted by Gasteiger charge is 2.32. The van der Waals surface area contributed by atoms with Crippen molar-refractivity contribution in [2.75, 3.05) is 19.8 Å². The Labute approximate surface area is 198 Å². The van der Waals surface area contributed by atoms with E-state index in [2.05, 4.69) is 9.97 Å². The molecule has 2 saturated heterocycles. The second kappa shape index (κ2) is 10.1. The van der Waals surface area contributed by atoms with Gasteiger partial charge >= 0.3 is 16.5 Å². The van der Waals surface area contributed by atoms with Crippen molar-refractivity contribution in [2.45, 2.75) is 51.2 Å². The highest BCUT2D eigenvalue weighted by atomic mass is 32.3. The lowest BCUT2D eigenvalue weighted by molar-refractivity contribution is 0.0507. The molecule has 0 aliphatic carbocycles. The Hall–Kier alpha value is -2.96. The summed E-state index contributed by atoms with van der Waals surface area (Å²) in [7, 11) is -3.88. The third-order valence-corrected chi connectivity index (χ3v) is 6.90. The first-order valence-corrected chi connectivity index (χ1v) is 12.4. The highest BCUT2D eigenvalue weighted by molar-refractivity contribution is 7.81. The number of hydrogen-bond donors (Lipinski definition) is 1. The second-order valence-corrected chi connectivity index (χ2v) is 9.54. The Morgan fingerprint density at radius 2 is 1.85 bits per heavy atom. The molecular formula is C22H27N3O8S. The zero-order valence-electron chi connectivity index (χ0n) is 18.9. The molecule has 4 rings (SSSR count). The van der Waals surface area contributed by atoms with Crippen LogP contribution in [0.4, 0.5) is 4.79 Å². The van der Waals surface area contributed by atoms with Crippen LogP contribution in [0.1, 0.15) is 43.2 Å². The van der Waals surface area contributed by atoms with E-state index in [0.717, 1.165) is 5.56 Å². The lowest BCUT2D eigenvalue weighted by atomic mass is 9.98. The molecule has 2 aliphatic heterocycles. The van der Waals surface area contributed by atoms with Crippen LogP contribution >= 0.6 is 0 Å². The Morgan fingerprint density at radius 1 is 1.18 bits per heavy atom. The van der Waals surface area contributed by atoms with Crippen molar-refractivity contribution in [2.24, 2.45) is 0 Å². The number of amides is 1. The van der Waals surface area contributed by atoms with Crippen molar-refractivity contribution >= 4 is 16.5 Å². The number of likely N-dealkylation sites (tertiary alicyclic amines) is 1. The third-order valence-electron chi connectivity index (χ3n) is 6.05. The van der Waals surface area contributed by atoms with Crippen molar-refractivity contribution in [3.05, 3.63) is 41.7 Å². The number of aromatic nitrogens is 2. The zero-order chi connectivity index (χ0) is 24.3. The fraction of sp³-hybridized carbons (Fsp3) is 0.500. The van der Waals surface area contributed by atoms with Gasteiger partial charge in [0.15, 0.2) is 0 Å². The van der Waals surface area contributed by atoms with Crippen molar-refractivity contribution in [1.82, 2.24) is 14.9 Å². The molecular weight excluding hydrogens is 466 g/mol. The van der Waals surface area contributed by atoms with E-state index in [1.54, 1.807) is 19.1 Å². The van der Waals surface area contributed by atoms with Gasteiger partial charge in [-0.1, -0.05) is 19.1 Å². The molecule has 1 N–H and O–H groups in total.